The van der Waals surface area contributed by atoms with Gasteiger partial charge in [0.15, 0.2) is 11.6 Å². The smallest absolute Gasteiger partial charge is 0.379 e. The van der Waals surface area contributed by atoms with Crippen LogP contribution in [-0.4, -0.2) is 9.78 Å². The highest BCUT2D eigenvalue weighted by atomic mass is 19.4. The van der Waals surface area contributed by atoms with E-state index in [1.54, 1.807) is 0 Å². The Balaban J connectivity index is 2.09. The molecule has 0 bridgehead atoms. The molecule has 1 aromatic carbocycles. The number of alkyl halides is 3. The van der Waals surface area contributed by atoms with E-state index in [1.807, 2.05) is 0 Å². The van der Waals surface area contributed by atoms with Crippen LogP contribution in [0.4, 0.5) is 27.6 Å². The predicted octanol–water partition coefficient (Wildman–Crippen LogP) is 3.33. The number of halogens is 5. The van der Waals surface area contributed by atoms with Crippen LogP contribution in [0.25, 0.3) is 0 Å². The van der Waals surface area contributed by atoms with Gasteiger partial charge in [0.1, 0.15) is 5.69 Å². The Hall–Kier alpha value is -2.12. The van der Waals surface area contributed by atoms with Crippen LogP contribution in [0.2, 0.25) is 0 Å². The number of hydrogen-bond acceptors (Lipinski definition) is 2. The number of anilines is 1. The normalized spacial score (nSPS) is 11.7. The van der Waals surface area contributed by atoms with Crippen molar-refractivity contribution in [1.29, 1.82) is 0 Å². The molecule has 0 aliphatic heterocycles. The highest BCUT2D eigenvalue weighted by molar-refractivity contribution is 5.43. The van der Waals surface area contributed by atoms with E-state index in [2.05, 4.69) is 10.4 Å². The van der Waals surface area contributed by atoms with Gasteiger partial charge in [-0.3, -0.25) is 4.68 Å². The van der Waals surface area contributed by atoms with Crippen molar-refractivity contribution in [2.45, 2.75) is 12.7 Å². The summed E-state index contributed by atoms with van der Waals surface area (Å²) in [4.78, 5) is 0. The van der Waals surface area contributed by atoms with Gasteiger partial charge in [-0.2, -0.15) is 18.3 Å². The van der Waals surface area contributed by atoms with Gasteiger partial charge in [0.25, 0.3) is 0 Å². The summed E-state index contributed by atoms with van der Waals surface area (Å²) < 4.78 is 64.0. The lowest BCUT2D eigenvalue weighted by molar-refractivity contribution is -0.143. The first-order chi connectivity index (χ1) is 9.27. The second-order valence-corrected chi connectivity index (χ2v) is 4.12. The Morgan fingerprint density at radius 1 is 1.15 bits per heavy atom. The molecule has 0 atom stereocenters. The number of aryl methyl sites for hydroxylation is 1. The number of hydrogen-bond donors (Lipinski definition) is 1. The molecule has 3 nitrogen and oxygen atoms in total. The standard InChI is InChI=1S/C12H10F5N3/c1-20-11(12(15,16)17)5-8(19-20)6-18-7-2-3-9(13)10(14)4-7/h2-5,18H,6H2,1H3. The topological polar surface area (TPSA) is 29.9 Å². The predicted molar refractivity (Wildman–Crippen MR) is 61.9 cm³/mol. The molecule has 0 radical (unpaired) electrons. The molecule has 0 aliphatic rings. The molecule has 1 aromatic heterocycles. The average Bonchev–Trinajstić information content (AvgIpc) is 2.72. The van der Waals surface area contributed by atoms with Crippen molar-refractivity contribution < 1.29 is 22.0 Å². The van der Waals surface area contributed by atoms with Crippen LogP contribution in [-0.2, 0) is 19.8 Å². The second-order valence-electron chi connectivity index (χ2n) is 4.12. The minimum atomic E-state index is -4.48. The van der Waals surface area contributed by atoms with Crippen molar-refractivity contribution in [2.75, 3.05) is 5.32 Å². The monoisotopic (exact) mass is 291 g/mol. The summed E-state index contributed by atoms with van der Waals surface area (Å²) in [6, 6.07) is 4.03. The fourth-order valence-electron chi connectivity index (χ4n) is 1.68. The maximum Gasteiger partial charge on any atom is 0.433 e. The summed E-state index contributed by atoms with van der Waals surface area (Å²) in [6.45, 7) is -0.0327. The molecular weight excluding hydrogens is 281 g/mol. The Labute approximate surface area is 111 Å². The van der Waals surface area contributed by atoms with Crippen molar-refractivity contribution in [2.24, 2.45) is 7.05 Å². The van der Waals surface area contributed by atoms with E-state index in [1.165, 1.54) is 13.1 Å². The number of benzene rings is 1. The van der Waals surface area contributed by atoms with Crippen molar-refractivity contribution in [3.63, 3.8) is 0 Å². The molecule has 0 saturated carbocycles. The zero-order chi connectivity index (χ0) is 14.9. The molecular formula is C12H10F5N3. The molecule has 108 valence electrons. The summed E-state index contributed by atoms with van der Waals surface area (Å²) in [5.41, 5.74) is -0.479. The first-order valence-corrected chi connectivity index (χ1v) is 5.56. The van der Waals surface area contributed by atoms with E-state index < -0.39 is 23.5 Å². The van der Waals surface area contributed by atoms with Crippen molar-refractivity contribution in [3.05, 3.63) is 47.3 Å². The largest absolute Gasteiger partial charge is 0.433 e. The molecule has 2 aromatic rings. The van der Waals surface area contributed by atoms with E-state index in [9.17, 15) is 22.0 Å². The van der Waals surface area contributed by atoms with Gasteiger partial charge in [0, 0.05) is 18.8 Å². The van der Waals surface area contributed by atoms with Crippen LogP contribution < -0.4 is 5.32 Å². The van der Waals surface area contributed by atoms with E-state index in [0.29, 0.717) is 0 Å². The Morgan fingerprint density at radius 3 is 2.40 bits per heavy atom. The van der Waals surface area contributed by atoms with Gasteiger partial charge in [-0.25, -0.2) is 8.78 Å². The lowest BCUT2D eigenvalue weighted by Gasteiger charge is -2.04. The van der Waals surface area contributed by atoms with Crippen molar-refractivity contribution in [1.82, 2.24) is 9.78 Å². The summed E-state index contributed by atoms with van der Waals surface area (Å²) in [5.74, 6) is -2.03. The highest BCUT2D eigenvalue weighted by Crippen LogP contribution is 2.29. The number of nitrogens with zero attached hydrogens (tertiary/aromatic N) is 2. The zero-order valence-corrected chi connectivity index (χ0v) is 10.3. The second kappa shape index (κ2) is 5.10. The minimum absolute atomic E-state index is 0.0327. The Morgan fingerprint density at radius 2 is 1.85 bits per heavy atom. The number of nitrogens with one attached hydrogen (secondary N) is 1. The molecule has 0 spiro atoms. The van der Waals surface area contributed by atoms with E-state index in [0.717, 1.165) is 22.9 Å². The van der Waals surface area contributed by atoms with Gasteiger partial charge in [-0.1, -0.05) is 0 Å². The Kier molecular flexibility index (Phi) is 3.65. The van der Waals surface area contributed by atoms with Gasteiger partial charge >= 0.3 is 6.18 Å². The molecule has 0 saturated heterocycles. The van der Waals surface area contributed by atoms with Crippen LogP contribution in [0.3, 0.4) is 0 Å². The third kappa shape index (κ3) is 3.06. The van der Waals surface area contributed by atoms with Gasteiger partial charge < -0.3 is 5.32 Å². The van der Waals surface area contributed by atoms with Crippen LogP contribution >= 0.6 is 0 Å². The molecule has 8 heteroatoms. The van der Waals surface area contributed by atoms with Gasteiger partial charge in [0.05, 0.1) is 12.2 Å². The molecule has 0 fully saturated rings. The summed E-state index contributed by atoms with van der Waals surface area (Å²) in [7, 11) is 1.18. The van der Waals surface area contributed by atoms with E-state index >= 15 is 0 Å². The molecule has 1 heterocycles. The van der Waals surface area contributed by atoms with Crippen molar-refractivity contribution >= 4 is 5.69 Å². The van der Waals surface area contributed by atoms with Gasteiger partial charge in [-0.15, -0.1) is 0 Å². The third-order valence-electron chi connectivity index (χ3n) is 2.61. The van der Waals surface area contributed by atoms with Crippen LogP contribution in [0.15, 0.2) is 24.3 Å². The fraction of sp³-hybridized carbons (Fsp3) is 0.250. The first kappa shape index (κ1) is 14.3. The lowest BCUT2D eigenvalue weighted by atomic mass is 10.3. The molecule has 0 aliphatic carbocycles. The van der Waals surface area contributed by atoms with Crippen LogP contribution in [0, 0.1) is 11.6 Å². The Bertz CT molecular complexity index is 618. The van der Waals surface area contributed by atoms with E-state index in [-0.39, 0.29) is 17.9 Å². The molecule has 0 unspecified atom stereocenters. The zero-order valence-electron chi connectivity index (χ0n) is 10.3. The lowest BCUT2D eigenvalue weighted by Crippen LogP contribution is -2.11. The third-order valence-corrected chi connectivity index (χ3v) is 2.61. The minimum Gasteiger partial charge on any atom is -0.379 e. The fourth-order valence-corrected chi connectivity index (χ4v) is 1.68. The highest BCUT2D eigenvalue weighted by Gasteiger charge is 2.34. The van der Waals surface area contributed by atoms with Gasteiger partial charge in [-0.05, 0) is 18.2 Å². The van der Waals surface area contributed by atoms with Gasteiger partial charge in [0.2, 0.25) is 0 Å². The first-order valence-electron chi connectivity index (χ1n) is 5.56. The number of aromatic nitrogens is 2. The maximum atomic E-state index is 12.9. The molecule has 20 heavy (non-hydrogen) atoms. The summed E-state index contributed by atoms with van der Waals surface area (Å²) in [6.07, 6.45) is -4.48. The number of rotatable bonds is 3. The quantitative estimate of drug-likeness (QED) is 0.879. The van der Waals surface area contributed by atoms with E-state index in [4.69, 9.17) is 0 Å². The van der Waals surface area contributed by atoms with Crippen LogP contribution in [0.5, 0.6) is 0 Å². The average molecular weight is 291 g/mol. The molecule has 0 amide bonds. The maximum absolute atomic E-state index is 12.9. The molecule has 1 N–H and O–H groups in total. The molecule has 2 rings (SSSR count). The summed E-state index contributed by atoms with van der Waals surface area (Å²) >= 11 is 0. The van der Waals surface area contributed by atoms with Crippen LogP contribution in [0.1, 0.15) is 11.4 Å². The van der Waals surface area contributed by atoms with Crippen molar-refractivity contribution in [3.8, 4) is 0 Å². The summed E-state index contributed by atoms with van der Waals surface area (Å²) in [5, 5.41) is 6.37. The SMILES string of the molecule is Cn1nc(CNc2ccc(F)c(F)c2)cc1C(F)(F)F.